The third kappa shape index (κ3) is 5.25. The number of thiophene rings is 1. The van der Waals surface area contributed by atoms with Crippen molar-refractivity contribution >= 4 is 38.4 Å². The van der Waals surface area contributed by atoms with Gasteiger partial charge in [-0.3, -0.25) is 20.2 Å². The molecule has 0 saturated heterocycles. The third-order valence-electron chi connectivity index (χ3n) is 5.51. The van der Waals surface area contributed by atoms with Gasteiger partial charge in [-0.2, -0.15) is 0 Å². The van der Waals surface area contributed by atoms with Crippen LogP contribution in [0.15, 0.2) is 34.5 Å². The molecule has 2 aromatic rings. The van der Waals surface area contributed by atoms with Crippen molar-refractivity contribution in [3.8, 4) is 0 Å². The molecule has 0 unspecified atom stereocenters. The van der Waals surface area contributed by atoms with Gasteiger partial charge in [-0.25, -0.2) is 0 Å². The summed E-state index contributed by atoms with van der Waals surface area (Å²) in [4.78, 5) is 23.2. The number of benzene rings is 1. The highest BCUT2D eigenvalue weighted by Crippen LogP contribution is 2.43. The Hall–Kier alpha value is -2.88. The average Bonchev–Trinajstić information content (AvgIpc) is 3.24. The molecule has 0 aliphatic carbocycles. The molecule has 1 aliphatic rings. The van der Waals surface area contributed by atoms with Crippen LogP contribution in [-0.4, -0.2) is 21.9 Å². The smallest absolute Gasteiger partial charge is 0.333 e. The minimum atomic E-state index is -0.679. The van der Waals surface area contributed by atoms with Crippen LogP contribution in [0.5, 0.6) is 0 Å². The fourth-order valence-electron chi connectivity index (χ4n) is 3.98. The Morgan fingerprint density at radius 2 is 1.81 bits per heavy atom. The summed E-state index contributed by atoms with van der Waals surface area (Å²) in [6.07, 6.45) is 7.05. The number of nitro groups is 2. The van der Waals surface area contributed by atoms with E-state index in [2.05, 4.69) is 35.9 Å². The van der Waals surface area contributed by atoms with E-state index in [1.54, 1.807) is 0 Å². The zero-order valence-electron chi connectivity index (χ0n) is 18.0. The minimum absolute atomic E-state index is 0.00993. The molecule has 3 rings (SSSR count). The van der Waals surface area contributed by atoms with Crippen LogP contribution in [0.4, 0.5) is 27.1 Å². The number of fused-ring (bicyclic) bond motifs is 1. The Bertz CT molecular complexity index is 1000. The van der Waals surface area contributed by atoms with Crippen LogP contribution in [0, 0.1) is 20.2 Å². The van der Waals surface area contributed by atoms with Gasteiger partial charge in [-0.05, 0) is 61.8 Å². The Balaban J connectivity index is 1.77. The van der Waals surface area contributed by atoms with Gasteiger partial charge in [0.05, 0.1) is 15.5 Å². The summed E-state index contributed by atoms with van der Waals surface area (Å²) < 4.78 is 0. The summed E-state index contributed by atoms with van der Waals surface area (Å²) in [5.74, 6) is 0. The van der Waals surface area contributed by atoms with Gasteiger partial charge in [0.2, 0.25) is 5.00 Å². The standard InChI is InChI=1S/C21H27N5O4S/c1-4-5-6-7-8-11-24-17-10-9-16(12-15(17)14-21(24,2)3)22-23-20-18(25(27)28)13-19(31-20)26(29)30/h9-10,12-13H,4-8,11,14H2,1-3H3. The summed E-state index contributed by atoms with van der Waals surface area (Å²) in [6, 6.07) is 6.73. The van der Waals surface area contributed by atoms with Crippen LogP contribution in [0.25, 0.3) is 0 Å². The summed E-state index contributed by atoms with van der Waals surface area (Å²) in [5, 5.41) is 29.7. The van der Waals surface area contributed by atoms with Crippen molar-refractivity contribution < 1.29 is 9.85 Å². The maximum absolute atomic E-state index is 11.2. The molecule has 0 amide bonds. The molecular weight excluding hydrogens is 418 g/mol. The van der Waals surface area contributed by atoms with Crippen LogP contribution in [-0.2, 0) is 6.42 Å². The number of azo groups is 1. The van der Waals surface area contributed by atoms with Gasteiger partial charge in [0, 0.05) is 17.8 Å². The first kappa shape index (κ1) is 22.8. The molecule has 1 aromatic heterocycles. The van der Waals surface area contributed by atoms with Crippen molar-refractivity contribution in [3.05, 3.63) is 50.1 Å². The van der Waals surface area contributed by atoms with E-state index in [0.29, 0.717) is 17.0 Å². The van der Waals surface area contributed by atoms with Gasteiger partial charge in [-0.15, -0.1) is 10.2 Å². The second-order valence-electron chi connectivity index (χ2n) is 8.36. The van der Waals surface area contributed by atoms with E-state index in [1.807, 2.05) is 18.2 Å². The molecule has 0 atom stereocenters. The third-order valence-corrected chi connectivity index (χ3v) is 6.47. The second-order valence-corrected chi connectivity index (χ2v) is 9.37. The van der Waals surface area contributed by atoms with Crippen LogP contribution < -0.4 is 4.90 Å². The molecule has 1 aromatic carbocycles. The molecule has 9 nitrogen and oxygen atoms in total. The van der Waals surface area contributed by atoms with Crippen LogP contribution >= 0.6 is 11.3 Å². The molecular formula is C21H27N5O4S. The maximum Gasteiger partial charge on any atom is 0.333 e. The van der Waals surface area contributed by atoms with E-state index in [9.17, 15) is 20.2 Å². The fraction of sp³-hybridized carbons (Fsp3) is 0.524. The predicted molar refractivity (Wildman–Crippen MR) is 122 cm³/mol. The SMILES string of the molecule is CCCCCCCN1c2ccc(N=Nc3sc([N+](=O)[O-])cc3[N+](=O)[O-])cc2CC1(C)C. The van der Waals surface area contributed by atoms with E-state index in [1.165, 1.54) is 36.9 Å². The van der Waals surface area contributed by atoms with Gasteiger partial charge in [0.25, 0.3) is 0 Å². The first-order chi connectivity index (χ1) is 14.7. The molecule has 1 aliphatic heterocycles. The van der Waals surface area contributed by atoms with Crippen molar-refractivity contribution in [2.75, 3.05) is 11.4 Å². The lowest BCUT2D eigenvalue weighted by Gasteiger charge is -2.34. The van der Waals surface area contributed by atoms with Crippen molar-refractivity contribution in [3.63, 3.8) is 0 Å². The summed E-state index contributed by atoms with van der Waals surface area (Å²) in [5.41, 5.74) is 2.54. The van der Waals surface area contributed by atoms with Gasteiger partial charge in [0.1, 0.15) is 6.07 Å². The molecule has 0 spiro atoms. The Kier molecular flexibility index (Phi) is 6.99. The van der Waals surface area contributed by atoms with E-state index in [0.717, 1.165) is 25.5 Å². The number of rotatable bonds is 10. The highest BCUT2D eigenvalue weighted by Gasteiger charge is 2.35. The van der Waals surface area contributed by atoms with Crippen LogP contribution in [0.1, 0.15) is 58.4 Å². The number of hydrogen-bond acceptors (Lipinski definition) is 8. The zero-order chi connectivity index (χ0) is 22.6. The topological polar surface area (TPSA) is 114 Å². The Morgan fingerprint density at radius 3 is 2.48 bits per heavy atom. The number of anilines is 1. The van der Waals surface area contributed by atoms with Crippen molar-refractivity contribution in [2.45, 2.75) is 64.8 Å². The molecule has 166 valence electrons. The number of nitrogens with zero attached hydrogens (tertiary/aromatic N) is 5. The fourth-order valence-corrected chi connectivity index (χ4v) is 4.74. The van der Waals surface area contributed by atoms with Gasteiger partial charge >= 0.3 is 10.7 Å². The lowest BCUT2D eigenvalue weighted by molar-refractivity contribution is -0.389. The normalized spacial score (nSPS) is 14.9. The van der Waals surface area contributed by atoms with Gasteiger partial charge in [0.15, 0.2) is 0 Å². The lowest BCUT2D eigenvalue weighted by atomic mass is 9.99. The van der Waals surface area contributed by atoms with Crippen molar-refractivity contribution in [1.82, 2.24) is 0 Å². The van der Waals surface area contributed by atoms with E-state index >= 15 is 0 Å². The van der Waals surface area contributed by atoms with E-state index < -0.39 is 15.5 Å². The van der Waals surface area contributed by atoms with Crippen molar-refractivity contribution in [1.29, 1.82) is 0 Å². The molecule has 0 radical (unpaired) electrons. The quantitative estimate of drug-likeness (QED) is 0.167. The summed E-state index contributed by atoms with van der Waals surface area (Å²) >= 11 is 0.646. The lowest BCUT2D eigenvalue weighted by Crippen LogP contribution is -2.41. The first-order valence-corrected chi connectivity index (χ1v) is 11.3. The largest absolute Gasteiger partial charge is 0.366 e. The predicted octanol–water partition coefficient (Wildman–Crippen LogP) is 7.09. The second kappa shape index (κ2) is 9.51. The number of unbranched alkanes of at least 4 members (excludes halogenated alkanes) is 4. The minimum Gasteiger partial charge on any atom is -0.366 e. The molecule has 2 heterocycles. The van der Waals surface area contributed by atoms with Gasteiger partial charge < -0.3 is 4.90 Å². The Morgan fingerprint density at radius 1 is 1.06 bits per heavy atom. The highest BCUT2D eigenvalue weighted by molar-refractivity contribution is 7.19. The molecule has 0 N–H and O–H groups in total. The summed E-state index contributed by atoms with van der Waals surface area (Å²) in [6.45, 7) is 7.69. The Labute approximate surface area is 185 Å². The van der Waals surface area contributed by atoms with Crippen LogP contribution in [0.2, 0.25) is 0 Å². The summed E-state index contributed by atoms with van der Waals surface area (Å²) in [7, 11) is 0. The molecule has 10 heteroatoms. The number of hydrogen-bond donors (Lipinski definition) is 0. The molecule has 0 bridgehead atoms. The maximum atomic E-state index is 11.2. The monoisotopic (exact) mass is 445 g/mol. The average molecular weight is 446 g/mol. The molecule has 31 heavy (non-hydrogen) atoms. The highest BCUT2D eigenvalue weighted by atomic mass is 32.1. The molecule has 0 fully saturated rings. The zero-order valence-corrected chi connectivity index (χ0v) is 18.9. The van der Waals surface area contributed by atoms with Crippen LogP contribution in [0.3, 0.4) is 0 Å². The molecule has 0 saturated carbocycles. The first-order valence-electron chi connectivity index (χ1n) is 10.5. The van der Waals surface area contributed by atoms with E-state index in [-0.39, 0.29) is 15.5 Å². The van der Waals surface area contributed by atoms with Gasteiger partial charge in [-0.1, -0.05) is 32.6 Å². The van der Waals surface area contributed by atoms with E-state index in [4.69, 9.17) is 0 Å². The van der Waals surface area contributed by atoms with Crippen molar-refractivity contribution in [2.24, 2.45) is 10.2 Å².